The predicted octanol–water partition coefficient (Wildman–Crippen LogP) is 2.18. The van der Waals surface area contributed by atoms with Crippen LogP contribution in [0.5, 0.6) is 0 Å². The van der Waals surface area contributed by atoms with Gasteiger partial charge in [-0.05, 0) is 31.4 Å². The summed E-state index contributed by atoms with van der Waals surface area (Å²) >= 11 is 0. The largest absolute Gasteiger partial charge is 0.458 e. The van der Waals surface area contributed by atoms with Crippen molar-refractivity contribution in [2.24, 2.45) is 0 Å². The highest BCUT2D eigenvalue weighted by atomic mass is 16.7. The van der Waals surface area contributed by atoms with E-state index >= 15 is 0 Å². The molecular formula is C20H18N2O4. The molecular weight excluding hydrogens is 332 g/mol. The average molecular weight is 350 g/mol. The summed E-state index contributed by atoms with van der Waals surface area (Å²) in [6.07, 6.45) is 1.34. The SMILES string of the molecule is CC1=C(C)C(O/C=C2/C(=O)N(CC#N)C3Cc4ccccc4C23)OC1=O. The summed E-state index contributed by atoms with van der Waals surface area (Å²) in [6, 6.07) is 10.0. The fourth-order valence-corrected chi connectivity index (χ4v) is 3.95. The molecule has 4 rings (SSSR count). The molecule has 1 saturated heterocycles. The molecule has 1 fully saturated rings. The van der Waals surface area contributed by atoms with Gasteiger partial charge in [-0.25, -0.2) is 4.79 Å². The second-order valence-electron chi connectivity index (χ2n) is 6.79. The number of nitriles is 1. The zero-order valence-corrected chi connectivity index (χ0v) is 14.6. The van der Waals surface area contributed by atoms with Crippen LogP contribution in [-0.4, -0.2) is 35.7 Å². The Morgan fingerprint density at radius 3 is 2.81 bits per heavy atom. The molecule has 0 aromatic heterocycles. The quantitative estimate of drug-likeness (QED) is 0.361. The molecule has 1 aliphatic carbocycles. The normalized spacial score (nSPS) is 28.3. The predicted molar refractivity (Wildman–Crippen MR) is 91.4 cm³/mol. The lowest BCUT2D eigenvalue weighted by Crippen LogP contribution is -2.34. The third-order valence-electron chi connectivity index (χ3n) is 5.47. The van der Waals surface area contributed by atoms with Gasteiger partial charge in [-0.15, -0.1) is 0 Å². The minimum absolute atomic E-state index is 0.0434. The number of amides is 1. The Labute approximate surface area is 151 Å². The Balaban J connectivity index is 1.67. The van der Waals surface area contributed by atoms with Gasteiger partial charge in [0.2, 0.25) is 0 Å². The molecule has 3 unspecified atom stereocenters. The van der Waals surface area contributed by atoms with Crippen LogP contribution in [0.15, 0.2) is 47.2 Å². The number of cyclic esters (lactones) is 1. The second-order valence-corrected chi connectivity index (χ2v) is 6.79. The van der Waals surface area contributed by atoms with Crippen LogP contribution in [0, 0.1) is 11.3 Å². The number of hydrogen-bond acceptors (Lipinski definition) is 5. The van der Waals surface area contributed by atoms with Gasteiger partial charge in [-0.3, -0.25) is 4.79 Å². The number of nitrogens with zero attached hydrogens (tertiary/aromatic N) is 2. The maximum Gasteiger partial charge on any atom is 0.337 e. The lowest BCUT2D eigenvalue weighted by Gasteiger charge is -2.19. The van der Waals surface area contributed by atoms with E-state index in [1.54, 1.807) is 18.7 Å². The van der Waals surface area contributed by atoms with Crippen molar-refractivity contribution in [1.82, 2.24) is 4.90 Å². The molecule has 0 radical (unpaired) electrons. The van der Waals surface area contributed by atoms with E-state index in [1.165, 1.54) is 11.8 Å². The molecule has 3 atom stereocenters. The second kappa shape index (κ2) is 6.03. The van der Waals surface area contributed by atoms with Crippen molar-refractivity contribution >= 4 is 11.9 Å². The van der Waals surface area contributed by atoms with Crippen molar-refractivity contribution in [2.75, 3.05) is 6.54 Å². The van der Waals surface area contributed by atoms with Crippen molar-refractivity contribution in [1.29, 1.82) is 5.26 Å². The summed E-state index contributed by atoms with van der Waals surface area (Å²) < 4.78 is 10.8. The van der Waals surface area contributed by atoms with E-state index in [0.717, 1.165) is 12.0 Å². The van der Waals surface area contributed by atoms with Gasteiger partial charge in [-0.2, -0.15) is 5.26 Å². The molecule has 0 spiro atoms. The standard InChI is InChI=1S/C20H18N2O4/c1-11-12(2)20(26-19(11)24)25-10-15-17-14-6-4-3-5-13(14)9-16(17)22(8-7-21)18(15)23/h3-6,10,16-17,20H,8-9H2,1-2H3/b15-10+. The minimum atomic E-state index is -0.803. The highest BCUT2D eigenvalue weighted by Gasteiger charge is 2.49. The average Bonchev–Trinajstić information content (AvgIpc) is 3.21. The monoisotopic (exact) mass is 350 g/mol. The Hall–Kier alpha value is -3.07. The molecule has 6 nitrogen and oxygen atoms in total. The van der Waals surface area contributed by atoms with E-state index in [4.69, 9.17) is 14.7 Å². The Kier molecular flexibility index (Phi) is 3.80. The van der Waals surface area contributed by atoms with Crippen LogP contribution < -0.4 is 0 Å². The van der Waals surface area contributed by atoms with E-state index in [2.05, 4.69) is 12.1 Å². The number of carbonyl (C=O) groups is 2. The van der Waals surface area contributed by atoms with Crippen LogP contribution in [0.3, 0.4) is 0 Å². The summed E-state index contributed by atoms with van der Waals surface area (Å²) in [5, 5.41) is 9.11. The fraction of sp³-hybridized carbons (Fsp3) is 0.350. The van der Waals surface area contributed by atoms with Crippen molar-refractivity contribution in [3.8, 4) is 6.07 Å². The molecule has 2 heterocycles. The smallest absolute Gasteiger partial charge is 0.337 e. The van der Waals surface area contributed by atoms with Gasteiger partial charge in [-0.1, -0.05) is 24.3 Å². The lowest BCUT2D eigenvalue weighted by molar-refractivity contribution is -0.153. The summed E-state index contributed by atoms with van der Waals surface area (Å²) in [4.78, 5) is 26.1. The van der Waals surface area contributed by atoms with Crippen LogP contribution in [0.25, 0.3) is 0 Å². The number of carbonyl (C=O) groups excluding carboxylic acids is 2. The van der Waals surface area contributed by atoms with E-state index < -0.39 is 12.3 Å². The summed E-state index contributed by atoms with van der Waals surface area (Å²) in [5.74, 6) is -0.730. The Morgan fingerprint density at radius 1 is 1.35 bits per heavy atom. The molecule has 3 aliphatic rings. The van der Waals surface area contributed by atoms with Crippen molar-refractivity contribution < 1.29 is 19.1 Å². The fourth-order valence-electron chi connectivity index (χ4n) is 3.95. The third kappa shape index (κ3) is 2.31. The highest BCUT2D eigenvalue weighted by molar-refractivity contribution is 5.99. The van der Waals surface area contributed by atoms with E-state index in [1.807, 2.05) is 18.2 Å². The highest BCUT2D eigenvalue weighted by Crippen LogP contribution is 2.46. The number of rotatable bonds is 3. The van der Waals surface area contributed by atoms with E-state index in [0.29, 0.717) is 16.7 Å². The van der Waals surface area contributed by atoms with E-state index in [-0.39, 0.29) is 24.4 Å². The topological polar surface area (TPSA) is 79.6 Å². The zero-order chi connectivity index (χ0) is 18.4. The maximum atomic E-state index is 12.8. The Morgan fingerprint density at radius 2 is 2.12 bits per heavy atom. The molecule has 0 N–H and O–H groups in total. The van der Waals surface area contributed by atoms with Gasteiger partial charge in [0.25, 0.3) is 12.2 Å². The van der Waals surface area contributed by atoms with Gasteiger partial charge < -0.3 is 14.4 Å². The van der Waals surface area contributed by atoms with Crippen LogP contribution >= 0.6 is 0 Å². The van der Waals surface area contributed by atoms with Gasteiger partial charge in [0.15, 0.2) is 0 Å². The van der Waals surface area contributed by atoms with Crippen LogP contribution in [0.1, 0.15) is 30.9 Å². The van der Waals surface area contributed by atoms with Gasteiger partial charge in [0.1, 0.15) is 6.54 Å². The summed E-state index contributed by atoms with van der Waals surface area (Å²) in [6.45, 7) is 3.50. The summed E-state index contributed by atoms with van der Waals surface area (Å²) in [5.41, 5.74) is 4.01. The molecule has 0 bridgehead atoms. The van der Waals surface area contributed by atoms with Gasteiger partial charge >= 0.3 is 5.97 Å². The summed E-state index contributed by atoms with van der Waals surface area (Å²) in [7, 11) is 0. The number of esters is 1. The van der Waals surface area contributed by atoms with Crippen LogP contribution in [0.2, 0.25) is 0 Å². The number of benzene rings is 1. The lowest BCUT2D eigenvalue weighted by atomic mass is 9.94. The molecule has 6 heteroatoms. The third-order valence-corrected chi connectivity index (χ3v) is 5.47. The first-order valence-electron chi connectivity index (χ1n) is 8.52. The minimum Gasteiger partial charge on any atom is -0.458 e. The Bertz CT molecular complexity index is 909. The van der Waals surface area contributed by atoms with Crippen molar-refractivity contribution in [3.05, 3.63) is 58.4 Å². The molecule has 132 valence electrons. The number of ether oxygens (including phenoxy) is 2. The van der Waals surface area contributed by atoms with Crippen molar-refractivity contribution in [2.45, 2.75) is 38.5 Å². The maximum absolute atomic E-state index is 12.8. The van der Waals surface area contributed by atoms with Gasteiger partial charge in [0.05, 0.1) is 17.9 Å². The molecule has 26 heavy (non-hydrogen) atoms. The first-order chi connectivity index (χ1) is 12.5. The number of likely N-dealkylation sites (tertiary alicyclic amines) is 1. The molecule has 1 amide bonds. The van der Waals surface area contributed by atoms with Crippen LogP contribution in [0.4, 0.5) is 0 Å². The van der Waals surface area contributed by atoms with Crippen molar-refractivity contribution in [3.63, 3.8) is 0 Å². The number of hydrogen-bond donors (Lipinski definition) is 0. The van der Waals surface area contributed by atoms with E-state index in [9.17, 15) is 9.59 Å². The molecule has 0 saturated carbocycles. The molecule has 2 aliphatic heterocycles. The first kappa shape index (κ1) is 16.4. The first-order valence-corrected chi connectivity index (χ1v) is 8.52. The van der Waals surface area contributed by atoms with Gasteiger partial charge in [0, 0.05) is 23.1 Å². The molecule has 1 aromatic rings. The number of fused-ring (bicyclic) bond motifs is 3. The molecule has 1 aromatic carbocycles. The van der Waals surface area contributed by atoms with Crippen LogP contribution in [-0.2, 0) is 25.5 Å². The zero-order valence-electron chi connectivity index (χ0n) is 14.6.